The van der Waals surface area contributed by atoms with Crippen molar-refractivity contribution in [1.82, 2.24) is 15.0 Å². The van der Waals surface area contributed by atoms with Crippen LogP contribution in [0, 0.1) is 6.92 Å². The second kappa shape index (κ2) is 5.75. The zero-order valence-electron chi connectivity index (χ0n) is 11.4. The molecule has 0 atom stereocenters. The van der Waals surface area contributed by atoms with Crippen molar-refractivity contribution in [3.63, 3.8) is 0 Å². The van der Waals surface area contributed by atoms with Gasteiger partial charge in [0.25, 0.3) is 0 Å². The van der Waals surface area contributed by atoms with E-state index in [9.17, 15) is 4.79 Å². The van der Waals surface area contributed by atoms with Gasteiger partial charge in [0.15, 0.2) is 5.82 Å². The van der Waals surface area contributed by atoms with Crippen molar-refractivity contribution >= 4 is 17.2 Å². The topological polar surface area (TPSA) is 59.2 Å². The summed E-state index contributed by atoms with van der Waals surface area (Å²) < 4.78 is 5.22. The number of hydrogen-bond acceptors (Lipinski definition) is 5. The van der Waals surface area contributed by atoms with Crippen LogP contribution in [-0.4, -0.2) is 34.0 Å². The molecule has 0 saturated carbocycles. The van der Waals surface area contributed by atoms with E-state index in [1.54, 1.807) is 11.3 Å². The van der Waals surface area contributed by atoms with E-state index in [4.69, 9.17) is 4.52 Å². The van der Waals surface area contributed by atoms with E-state index in [2.05, 4.69) is 10.1 Å². The van der Waals surface area contributed by atoms with Gasteiger partial charge in [-0.25, -0.2) is 0 Å². The third-order valence-corrected chi connectivity index (χ3v) is 4.52. The Morgan fingerprint density at radius 2 is 2.30 bits per heavy atom. The van der Waals surface area contributed by atoms with Gasteiger partial charge < -0.3 is 9.42 Å². The molecule has 0 radical (unpaired) electrons. The molecule has 1 fully saturated rings. The van der Waals surface area contributed by atoms with Gasteiger partial charge in [-0.05, 0) is 31.2 Å². The molecule has 0 aromatic carbocycles. The van der Waals surface area contributed by atoms with Crippen molar-refractivity contribution in [3.05, 3.63) is 34.1 Å². The quantitative estimate of drug-likeness (QED) is 0.871. The van der Waals surface area contributed by atoms with Crippen LogP contribution in [0.3, 0.4) is 0 Å². The van der Waals surface area contributed by atoms with E-state index >= 15 is 0 Å². The SMILES string of the molecule is Cc1noc(C2CCN(C(=O)Cc3cccs3)CC2)n1. The summed E-state index contributed by atoms with van der Waals surface area (Å²) in [6.07, 6.45) is 2.32. The zero-order valence-corrected chi connectivity index (χ0v) is 12.2. The number of piperidine rings is 1. The Morgan fingerprint density at radius 1 is 1.50 bits per heavy atom. The van der Waals surface area contributed by atoms with E-state index in [-0.39, 0.29) is 5.91 Å². The first-order chi connectivity index (χ1) is 9.72. The Hall–Kier alpha value is -1.69. The third kappa shape index (κ3) is 2.90. The molecule has 106 valence electrons. The molecule has 0 aliphatic carbocycles. The summed E-state index contributed by atoms with van der Waals surface area (Å²) in [5.74, 6) is 1.90. The summed E-state index contributed by atoms with van der Waals surface area (Å²) >= 11 is 1.63. The molecule has 1 aliphatic rings. The molecule has 20 heavy (non-hydrogen) atoms. The van der Waals surface area contributed by atoms with Crippen LogP contribution in [0.4, 0.5) is 0 Å². The van der Waals surface area contributed by atoms with Gasteiger partial charge >= 0.3 is 0 Å². The number of rotatable bonds is 3. The van der Waals surface area contributed by atoms with Crippen molar-refractivity contribution in [3.8, 4) is 0 Å². The Morgan fingerprint density at radius 3 is 2.90 bits per heavy atom. The number of carbonyl (C=O) groups is 1. The van der Waals surface area contributed by atoms with Crippen LogP contribution in [0.15, 0.2) is 22.0 Å². The van der Waals surface area contributed by atoms with E-state index in [1.807, 2.05) is 29.3 Å². The van der Waals surface area contributed by atoms with Crippen molar-refractivity contribution in [2.75, 3.05) is 13.1 Å². The number of hydrogen-bond donors (Lipinski definition) is 0. The standard InChI is InChI=1S/C14H17N3O2S/c1-10-15-14(19-16-10)11-4-6-17(7-5-11)13(18)9-12-3-2-8-20-12/h2-3,8,11H,4-7,9H2,1H3. The number of amides is 1. The molecule has 3 rings (SSSR count). The van der Waals surface area contributed by atoms with Gasteiger partial charge in [0.05, 0.1) is 6.42 Å². The minimum absolute atomic E-state index is 0.215. The highest BCUT2D eigenvalue weighted by atomic mass is 32.1. The molecule has 1 saturated heterocycles. The smallest absolute Gasteiger partial charge is 0.229 e. The molecular formula is C14H17N3O2S. The molecular weight excluding hydrogens is 274 g/mol. The first kappa shape index (κ1) is 13.3. The summed E-state index contributed by atoms with van der Waals surface area (Å²) in [6, 6.07) is 3.99. The Balaban J connectivity index is 1.54. The molecule has 2 aromatic heterocycles. The second-order valence-electron chi connectivity index (χ2n) is 5.09. The maximum atomic E-state index is 12.2. The number of aryl methyl sites for hydroxylation is 1. The minimum Gasteiger partial charge on any atom is -0.342 e. The predicted molar refractivity (Wildman–Crippen MR) is 75.6 cm³/mol. The lowest BCUT2D eigenvalue weighted by atomic mass is 9.96. The number of thiophene rings is 1. The van der Waals surface area contributed by atoms with E-state index in [1.165, 1.54) is 0 Å². The van der Waals surface area contributed by atoms with Crippen LogP contribution >= 0.6 is 11.3 Å². The van der Waals surface area contributed by atoms with Gasteiger partial charge in [-0.15, -0.1) is 11.3 Å². The summed E-state index contributed by atoms with van der Waals surface area (Å²) in [5.41, 5.74) is 0. The molecule has 3 heterocycles. The third-order valence-electron chi connectivity index (χ3n) is 3.65. The minimum atomic E-state index is 0.215. The molecule has 0 N–H and O–H groups in total. The largest absolute Gasteiger partial charge is 0.342 e. The van der Waals surface area contributed by atoms with Gasteiger partial charge in [-0.3, -0.25) is 4.79 Å². The average molecular weight is 291 g/mol. The van der Waals surface area contributed by atoms with Gasteiger partial charge in [-0.2, -0.15) is 4.98 Å². The average Bonchev–Trinajstić information content (AvgIpc) is 3.10. The van der Waals surface area contributed by atoms with Gasteiger partial charge in [0.1, 0.15) is 0 Å². The second-order valence-corrected chi connectivity index (χ2v) is 6.12. The highest BCUT2D eigenvalue weighted by Gasteiger charge is 2.27. The maximum Gasteiger partial charge on any atom is 0.229 e. The van der Waals surface area contributed by atoms with Gasteiger partial charge in [-0.1, -0.05) is 11.2 Å². The molecule has 1 amide bonds. The monoisotopic (exact) mass is 291 g/mol. The highest BCUT2D eigenvalue weighted by molar-refractivity contribution is 7.10. The van der Waals surface area contributed by atoms with Crippen LogP contribution in [0.2, 0.25) is 0 Å². The number of nitrogens with zero attached hydrogens (tertiary/aromatic N) is 3. The lowest BCUT2D eigenvalue weighted by Crippen LogP contribution is -2.38. The summed E-state index contributed by atoms with van der Waals surface area (Å²) in [5, 5.41) is 5.84. The fraction of sp³-hybridized carbons (Fsp3) is 0.500. The first-order valence-electron chi connectivity index (χ1n) is 6.83. The molecule has 6 heteroatoms. The molecule has 0 bridgehead atoms. The molecule has 1 aliphatic heterocycles. The van der Waals surface area contributed by atoms with Crippen LogP contribution in [0.1, 0.15) is 35.4 Å². The molecule has 5 nitrogen and oxygen atoms in total. The van der Waals surface area contributed by atoms with Crippen LogP contribution in [-0.2, 0) is 11.2 Å². The summed E-state index contributed by atoms with van der Waals surface area (Å²) in [4.78, 5) is 19.6. The fourth-order valence-electron chi connectivity index (χ4n) is 2.53. The summed E-state index contributed by atoms with van der Waals surface area (Å²) in [6.45, 7) is 3.37. The van der Waals surface area contributed by atoms with Crippen molar-refractivity contribution in [2.24, 2.45) is 0 Å². The van der Waals surface area contributed by atoms with Crippen molar-refractivity contribution < 1.29 is 9.32 Å². The number of carbonyl (C=O) groups excluding carboxylic acids is 1. The van der Waals surface area contributed by atoms with E-state index in [0.29, 0.717) is 24.1 Å². The van der Waals surface area contributed by atoms with Crippen molar-refractivity contribution in [1.29, 1.82) is 0 Å². The Bertz CT molecular complexity index is 571. The lowest BCUT2D eigenvalue weighted by molar-refractivity contribution is -0.131. The summed E-state index contributed by atoms with van der Waals surface area (Å²) in [7, 11) is 0. The normalized spacial score (nSPS) is 16.6. The van der Waals surface area contributed by atoms with Crippen LogP contribution < -0.4 is 0 Å². The Labute approximate surface area is 121 Å². The predicted octanol–water partition coefficient (Wildman–Crippen LogP) is 2.39. The van der Waals surface area contributed by atoms with Crippen LogP contribution in [0.25, 0.3) is 0 Å². The van der Waals surface area contributed by atoms with Crippen molar-refractivity contribution in [2.45, 2.75) is 32.1 Å². The van der Waals surface area contributed by atoms with E-state index in [0.717, 1.165) is 30.8 Å². The first-order valence-corrected chi connectivity index (χ1v) is 7.70. The number of aromatic nitrogens is 2. The molecule has 2 aromatic rings. The molecule has 0 unspecified atom stereocenters. The molecule has 0 spiro atoms. The lowest BCUT2D eigenvalue weighted by Gasteiger charge is -2.30. The maximum absolute atomic E-state index is 12.2. The number of likely N-dealkylation sites (tertiary alicyclic amines) is 1. The van der Waals surface area contributed by atoms with Crippen LogP contribution in [0.5, 0.6) is 0 Å². The fourth-order valence-corrected chi connectivity index (χ4v) is 3.22. The zero-order chi connectivity index (χ0) is 13.9. The Kier molecular flexibility index (Phi) is 3.82. The highest BCUT2D eigenvalue weighted by Crippen LogP contribution is 2.27. The van der Waals surface area contributed by atoms with E-state index < -0.39 is 0 Å². The van der Waals surface area contributed by atoms with Gasteiger partial charge in [0.2, 0.25) is 11.8 Å². The van der Waals surface area contributed by atoms with Gasteiger partial charge in [0, 0.05) is 23.9 Å².